The number of urea groups is 1. The van der Waals surface area contributed by atoms with Crippen LogP contribution in [0.15, 0.2) is 30.5 Å². The van der Waals surface area contributed by atoms with Crippen molar-refractivity contribution in [3.63, 3.8) is 0 Å². The van der Waals surface area contributed by atoms with Gasteiger partial charge in [-0.25, -0.2) is 17.6 Å². The highest BCUT2D eigenvalue weighted by Crippen LogP contribution is 2.22. The van der Waals surface area contributed by atoms with E-state index in [1.54, 1.807) is 23.2 Å². The first kappa shape index (κ1) is 19.3. The first-order chi connectivity index (χ1) is 12.8. The van der Waals surface area contributed by atoms with Crippen molar-refractivity contribution in [2.75, 3.05) is 25.1 Å². The molecular weight excluding hydrogens is 371 g/mol. The average molecular weight is 394 g/mol. The van der Waals surface area contributed by atoms with Crippen molar-refractivity contribution >= 4 is 15.9 Å². The lowest BCUT2D eigenvalue weighted by Gasteiger charge is -2.32. The van der Waals surface area contributed by atoms with Crippen molar-refractivity contribution in [3.8, 4) is 11.3 Å². The predicted octanol–water partition coefficient (Wildman–Crippen LogP) is 2.18. The summed E-state index contributed by atoms with van der Waals surface area (Å²) in [4.78, 5) is 14.1. The second-order valence-electron chi connectivity index (χ2n) is 6.98. The van der Waals surface area contributed by atoms with Gasteiger partial charge in [0.2, 0.25) is 0 Å². The molecule has 0 saturated carbocycles. The first-order valence-corrected chi connectivity index (χ1v) is 10.9. The van der Waals surface area contributed by atoms with Crippen LogP contribution in [0.4, 0.5) is 9.18 Å². The van der Waals surface area contributed by atoms with Gasteiger partial charge in [-0.05, 0) is 43.0 Å². The van der Waals surface area contributed by atoms with E-state index in [4.69, 9.17) is 0 Å². The number of carbonyl (C=O) groups is 1. The van der Waals surface area contributed by atoms with Crippen molar-refractivity contribution < 1.29 is 17.6 Å². The van der Waals surface area contributed by atoms with Gasteiger partial charge in [-0.2, -0.15) is 5.10 Å². The molecule has 146 valence electrons. The van der Waals surface area contributed by atoms with E-state index in [1.165, 1.54) is 18.4 Å². The summed E-state index contributed by atoms with van der Waals surface area (Å²) in [7, 11) is -3.06. The van der Waals surface area contributed by atoms with Crippen LogP contribution in [-0.2, 0) is 16.4 Å². The number of nitrogens with zero attached hydrogens (tertiary/aromatic N) is 2. The zero-order chi connectivity index (χ0) is 19.4. The van der Waals surface area contributed by atoms with Crippen molar-refractivity contribution in [1.82, 2.24) is 20.4 Å². The van der Waals surface area contributed by atoms with E-state index in [0.29, 0.717) is 13.1 Å². The molecule has 0 radical (unpaired) electrons. The molecule has 2 aromatic rings. The number of amides is 2. The molecule has 0 spiro atoms. The molecule has 1 aromatic carbocycles. The molecule has 1 fully saturated rings. The highest BCUT2D eigenvalue weighted by molar-refractivity contribution is 7.90. The number of aromatic amines is 1. The third-order valence-electron chi connectivity index (χ3n) is 4.63. The molecule has 2 heterocycles. The molecule has 1 saturated heterocycles. The number of carbonyl (C=O) groups excluding carboxylic acids is 1. The van der Waals surface area contributed by atoms with E-state index in [0.717, 1.165) is 29.7 Å². The highest BCUT2D eigenvalue weighted by Gasteiger charge is 2.26. The fraction of sp³-hybridized carbons (Fsp3) is 0.444. The Bertz CT molecular complexity index is 896. The summed E-state index contributed by atoms with van der Waals surface area (Å²) < 4.78 is 36.1. The molecule has 0 aliphatic carbocycles. The van der Waals surface area contributed by atoms with Crippen molar-refractivity contribution in [2.45, 2.75) is 19.4 Å². The summed E-state index contributed by atoms with van der Waals surface area (Å²) in [5.74, 6) is -0.238. The third kappa shape index (κ3) is 5.29. The average Bonchev–Trinajstić information content (AvgIpc) is 3.07. The highest BCUT2D eigenvalue weighted by atomic mass is 32.2. The topological polar surface area (TPSA) is 95.2 Å². The number of H-pyrrole nitrogens is 1. The van der Waals surface area contributed by atoms with Gasteiger partial charge in [0.1, 0.15) is 15.7 Å². The number of aromatic nitrogens is 2. The van der Waals surface area contributed by atoms with Crippen molar-refractivity contribution in [1.29, 1.82) is 0 Å². The van der Waals surface area contributed by atoms with E-state index in [-0.39, 0.29) is 30.1 Å². The van der Waals surface area contributed by atoms with E-state index in [2.05, 4.69) is 15.5 Å². The van der Waals surface area contributed by atoms with E-state index in [1.807, 2.05) is 0 Å². The Hall–Kier alpha value is -2.42. The van der Waals surface area contributed by atoms with E-state index in [9.17, 15) is 17.6 Å². The van der Waals surface area contributed by atoms with Gasteiger partial charge in [0.15, 0.2) is 0 Å². The van der Waals surface area contributed by atoms with Gasteiger partial charge in [0.25, 0.3) is 0 Å². The Morgan fingerprint density at radius 1 is 1.37 bits per heavy atom. The van der Waals surface area contributed by atoms with Crippen LogP contribution in [0.1, 0.15) is 18.4 Å². The molecule has 1 aliphatic heterocycles. The van der Waals surface area contributed by atoms with Gasteiger partial charge in [0, 0.05) is 37.0 Å². The molecule has 1 atom stereocenters. The van der Waals surface area contributed by atoms with Crippen LogP contribution in [0, 0.1) is 11.7 Å². The molecule has 2 N–H and O–H groups in total. The van der Waals surface area contributed by atoms with Crippen LogP contribution in [0.25, 0.3) is 11.3 Å². The van der Waals surface area contributed by atoms with Crippen LogP contribution in [0.2, 0.25) is 0 Å². The number of hydrogen-bond donors (Lipinski definition) is 2. The van der Waals surface area contributed by atoms with Gasteiger partial charge in [-0.3, -0.25) is 5.10 Å². The fourth-order valence-corrected chi connectivity index (χ4v) is 4.54. The minimum atomic E-state index is -3.06. The van der Waals surface area contributed by atoms with E-state index < -0.39 is 9.84 Å². The number of piperidine rings is 1. The molecule has 1 unspecified atom stereocenters. The maximum absolute atomic E-state index is 13.1. The Labute approximate surface area is 157 Å². The monoisotopic (exact) mass is 394 g/mol. The standard InChI is InChI=1S/C18H23FN4O3S/c1-27(25,26)12-13-3-2-8-23(11-13)18(24)20-9-15-10-21-22-17(15)14-4-6-16(19)7-5-14/h4-7,10,13H,2-3,8-9,11-12H2,1H3,(H,20,24)(H,21,22). The van der Waals surface area contributed by atoms with Crippen molar-refractivity contribution in [3.05, 3.63) is 41.8 Å². The van der Waals surface area contributed by atoms with Gasteiger partial charge >= 0.3 is 6.03 Å². The normalized spacial score (nSPS) is 17.7. The number of sulfone groups is 1. The minimum absolute atomic E-state index is 0.0248. The van der Waals surface area contributed by atoms with Gasteiger partial charge in [0.05, 0.1) is 17.6 Å². The number of benzene rings is 1. The van der Waals surface area contributed by atoms with Crippen LogP contribution in [0.3, 0.4) is 0 Å². The van der Waals surface area contributed by atoms with Gasteiger partial charge < -0.3 is 10.2 Å². The zero-order valence-electron chi connectivity index (χ0n) is 15.1. The SMILES string of the molecule is CS(=O)(=O)CC1CCCN(C(=O)NCc2cn[nH]c2-c2ccc(F)cc2)C1. The molecule has 27 heavy (non-hydrogen) atoms. The predicted molar refractivity (Wildman–Crippen MR) is 100 cm³/mol. The lowest BCUT2D eigenvalue weighted by Crippen LogP contribution is -2.46. The molecule has 1 aromatic heterocycles. The largest absolute Gasteiger partial charge is 0.334 e. The second-order valence-corrected chi connectivity index (χ2v) is 9.17. The minimum Gasteiger partial charge on any atom is -0.334 e. The molecule has 7 nitrogen and oxygen atoms in total. The maximum Gasteiger partial charge on any atom is 0.317 e. The molecule has 0 bridgehead atoms. The molecule has 3 rings (SSSR count). The zero-order valence-corrected chi connectivity index (χ0v) is 15.9. The quantitative estimate of drug-likeness (QED) is 0.813. The van der Waals surface area contributed by atoms with Crippen LogP contribution in [-0.4, -0.2) is 54.6 Å². The van der Waals surface area contributed by atoms with E-state index >= 15 is 0 Å². The lowest BCUT2D eigenvalue weighted by atomic mass is 10.0. The molecule has 9 heteroatoms. The Morgan fingerprint density at radius 3 is 2.81 bits per heavy atom. The number of halogens is 1. The summed E-state index contributed by atoms with van der Waals surface area (Å²) in [5, 5.41) is 9.75. The van der Waals surface area contributed by atoms with Crippen LogP contribution in [0.5, 0.6) is 0 Å². The van der Waals surface area contributed by atoms with Gasteiger partial charge in [-0.15, -0.1) is 0 Å². The number of likely N-dealkylation sites (tertiary alicyclic amines) is 1. The number of nitrogens with one attached hydrogen (secondary N) is 2. The molecule has 1 aliphatic rings. The first-order valence-electron chi connectivity index (χ1n) is 8.80. The van der Waals surface area contributed by atoms with Gasteiger partial charge in [-0.1, -0.05) is 0 Å². The summed E-state index contributed by atoms with van der Waals surface area (Å²) in [6.45, 7) is 1.33. The fourth-order valence-electron chi connectivity index (χ4n) is 3.41. The van der Waals surface area contributed by atoms with Crippen LogP contribution >= 0.6 is 0 Å². The lowest BCUT2D eigenvalue weighted by molar-refractivity contribution is 0.170. The Morgan fingerprint density at radius 2 is 2.11 bits per heavy atom. The molecular formula is C18H23FN4O3S. The third-order valence-corrected chi connectivity index (χ3v) is 5.70. The summed E-state index contributed by atoms with van der Waals surface area (Å²) in [5.41, 5.74) is 2.30. The number of hydrogen-bond acceptors (Lipinski definition) is 4. The summed E-state index contributed by atoms with van der Waals surface area (Å²) in [6.07, 6.45) is 4.46. The van der Waals surface area contributed by atoms with Crippen LogP contribution < -0.4 is 5.32 Å². The summed E-state index contributed by atoms with van der Waals surface area (Å²) >= 11 is 0. The smallest absolute Gasteiger partial charge is 0.317 e. The summed E-state index contributed by atoms with van der Waals surface area (Å²) in [6, 6.07) is 5.81. The Balaban J connectivity index is 1.60. The molecule has 2 amide bonds. The maximum atomic E-state index is 13.1. The number of rotatable bonds is 5. The second kappa shape index (κ2) is 8.08. The van der Waals surface area contributed by atoms with Crippen molar-refractivity contribution in [2.24, 2.45) is 5.92 Å². The Kier molecular flexibility index (Phi) is 5.79.